The van der Waals surface area contributed by atoms with Crippen molar-refractivity contribution in [3.63, 3.8) is 0 Å². The quantitative estimate of drug-likeness (QED) is 0.178. The highest BCUT2D eigenvalue weighted by atomic mass is 15.1. The van der Waals surface area contributed by atoms with Crippen LogP contribution in [0.5, 0.6) is 0 Å². The van der Waals surface area contributed by atoms with Crippen molar-refractivity contribution in [2.45, 2.75) is 32.1 Å². The van der Waals surface area contributed by atoms with Gasteiger partial charge in [0.2, 0.25) is 0 Å². The van der Waals surface area contributed by atoms with Crippen molar-refractivity contribution in [1.29, 1.82) is 0 Å². The van der Waals surface area contributed by atoms with E-state index in [0.717, 1.165) is 24.2 Å². The minimum absolute atomic E-state index is 0.0158. The van der Waals surface area contributed by atoms with Crippen LogP contribution >= 0.6 is 0 Å². The monoisotopic (exact) mass is 591 g/mol. The Balaban J connectivity index is 1.38. The van der Waals surface area contributed by atoms with Gasteiger partial charge in [-0.1, -0.05) is 147 Å². The molecule has 46 heavy (non-hydrogen) atoms. The van der Waals surface area contributed by atoms with Crippen LogP contribution in [0.3, 0.4) is 0 Å². The van der Waals surface area contributed by atoms with Gasteiger partial charge < -0.3 is 4.90 Å². The SMILES string of the molecule is CCC1(CC)c2ccccc2-c2c1cc1ccccc1c2N(c1ccccc1)c1ccc(-c2ccccc2-c2ccccc2)cc1. The Bertz CT molecular complexity index is 2160. The molecule has 1 nitrogen and oxygen atoms in total. The van der Waals surface area contributed by atoms with Crippen LogP contribution in [0.4, 0.5) is 17.1 Å². The molecule has 8 rings (SSSR count). The van der Waals surface area contributed by atoms with Gasteiger partial charge in [0.15, 0.2) is 0 Å². The maximum Gasteiger partial charge on any atom is 0.0621 e. The van der Waals surface area contributed by atoms with Gasteiger partial charge in [0.25, 0.3) is 0 Å². The zero-order valence-electron chi connectivity index (χ0n) is 26.4. The third-order valence-electron chi connectivity index (χ3n) is 10.1. The van der Waals surface area contributed by atoms with Gasteiger partial charge in [-0.05, 0) is 87.5 Å². The molecule has 0 saturated heterocycles. The molecule has 0 fully saturated rings. The van der Waals surface area contributed by atoms with Gasteiger partial charge in [-0.2, -0.15) is 0 Å². The van der Waals surface area contributed by atoms with E-state index in [1.807, 2.05) is 0 Å². The van der Waals surface area contributed by atoms with Crippen molar-refractivity contribution in [3.05, 3.63) is 175 Å². The van der Waals surface area contributed by atoms with Gasteiger partial charge in [-0.3, -0.25) is 0 Å². The van der Waals surface area contributed by atoms with E-state index in [1.165, 1.54) is 61.0 Å². The van der Waals surface area contributed by atoms with Gasteiger partial charge in [-0.15, -0.1) is 0 Å². The van der Waals surface area contributed by atoms with E-state index in [9.17, 15) is 0 Å². The van der Waals surface area contributed by atoms with E-state index in [0.29, 0.717) is 0 Å². The molecule has 1 aliphatic rings. The first kappa shape index (κ1) is 28.1. The third kappa shape index (κ3) is 4.38. The van der Waals surface area contributed by atoms with Crippen molar-refractivity contribution in [2.24, 2.45) is 0 Å². The summed E-state index contributed by atoms with van der Waals surface area (Å²) in [4.78, 5) is 2.49. The molecular weight excluding hydrogens is 555 g/mol. The van der Waals surface area contributed by atoms with Crippen LogP contribution in [-0.2, 0) is 5.41 Å². The van der Waals surface area contributed by atoms with E-state index in [1.54, 1.807) is 0 Å². The topological polar surface area (TPSA) is 3.24 Å². The molecule has 7 aromatic carbocycles. The number of hydrogen-bond acceptors (Lipinski definition) is 1. The highest BCUT2D eigenvalue weighted by Gasteiger charge is 2.43. The average Bonchev–Trinajstić information content (AvgIpc) is 3.42. The molecule has 0 radical (unpaired) electrons. The summed E-state index contributed by atoms with van der Waals surface area (Å²) in [6.45, 7) is 4.70. The van der Waals surface area contributed by atoms with Crippen LogP contribution in [0, 0.1) is 0 Å². The first-order valence-corrected chi connectivity index (χ1v) is 16.5. The minimum atomic E-state index is -0.0158. The first-order chi connectivity index (χ1) is 22.7. The molecule has 0 amide bonds. The molecule has 0 N–H and O–H groups in total. The van der Waals surface area contributed by atoms with E-state index < -0.39 is 0 Å². The van der Waals surface area contributed by atoms with Crippen molar-refractivity contribution in [3.8, 4) is 33.4 Å². The zero-order valence-corrected chi connectivity index (χ0v) is 26.4. The normalized spacial score (nSPS) is 12.9. The molecule has 222 valence electrons. The van der Waals surface area contributed by atoms with Crippen LogP contribution in [0.25, 0.3) is 44.2 Å². The van der Waals surface area contributed by atoms with Gasteiger partial charge >= 0.3 is 0 Å². The molecule has 1 heteroatoms. The lowest BCUT2D eigenvalue weighted by molar-refractivity contribution is 0.491. The lowest BCUT2D eigenvalue weighted by Gasteiger charge is -2.32. The number of nitrogens with zero attached hydrogens (tertiary/aromatic N) is 1. The maximum atomic E-state index is 2.49. The Hall–Kier alpha value is -5.40. The fourth-order valence-electron chi connectivity index (χ4n) is 7.86. The van der Waals surface area contributed by atoms with E-state index in [4.69, 9.17) is 0 Å². The smallest absolute Gasteiger partial charge is 0.0621 e. The number of benzene rings is 7. The predicted octanol–water partition coefficient (Wildman–Crippen LogP) is 12.7. The molecule has 7 aromatic rings. The molecule has 0 unspecified atom stereocenters. The zero-order chi connectivity index (χ0) is 31.1. The second kappa shape index (κ2) is 11.5. The van der Waals surface area contributed by atoms with Gasteiger partial charge in [0.1, 0.15) is 0 Å². The number of rotatable bonds is 7. The molecule has 0 atom stereocenters. The molecule has 0 spiro atoms. The summed E-state index contributed by atoms with van der Waals surface area (Å²) in [7, 11) is 0. The van der Waals surface area contributed by atoms with Crippen molar-refractivity contribution in [1.82, 2.24) is 0 Å². The number of fused-ring (bicyclic) bond motifs is 4. The van der Waals surface area contributed by atoms with Crippen LogP contribution in [0.15, 0.2) is 164 Å². The first-order valence-electron chi connectivity index (χ1n) is 16.5. The second-order valence-corrected chi connectivity index (χ2v) is 12.3. The standard InChI is InChI=1S/C45H37N/c1-3-45(4-2)41-26-16-15-25-40(41)43-42(45)31-34-19-11-12-24-39(34)44(43)46(35-20-9-6-10-21-35)36-29-27-33(28-30-36)38-23-14-13-22-37(38)32-17-7-5-8-18-32/h5-31H,3-4H2,1-2H3. The van der Waals surface area contributed by atoms with Crippen LogP contribution in [0.1, 0.15) is 37.8 Å². The van der Waals surface area contributed by atoms with Crippen LogP contribution < -0.4 is 4.90 Å². The van der Waals surface area contributed by atoms with Crippen molar-refractivity contribution in [2.75, 3.05) is 4.90 Å². The van der Waals surface area contributed by atoms with E-state index in [-0.39, 0.29) is 5.41 Å². The third-order valence-corrected chi connectivity index (χ3v) is 10.1. The Kier molecular flexibility index (Phi) is 7.03. The Labute approximate surface area is 272 Å². The summed E-state index contributed by atoms with van der Waals surface area (Å²) in [5.74, 6) is 0. The van der Waals surface area contributed by atoms with E-state index in [2.05, 4.69) is 183 Å². The highest BCUT2D eigenvalue weighted by molar-refractivity contribution is 6.09. The van der Waals surface area contributed by atoms with E-state index >= 15 is 0 Å². The lowest BCUT2D eigenvalue weighted by Crippen LogP contribution is -2.23. The van der Waals surface area contributed by atoms with Crippen LogP contribution in [0.2, 0.25) is 0 Å². The average molecular weight is 592 g/mol. The summed E-state index contributed by atoms with van der Waals surface area (Å²) in [5, 5.41) is 2.55. The number of hydrogen-bond donors (Lipinski definition) is 0. The predicted molar refractivity (Wildman–Crippen MR) is 196 cm³/mol. The molecular formula is C45H37N. The Morgan fingerprint density at radius 2 is 0.978 bits per heavy atom. The number of para-hydroxylation sites is 1. The molecule has 0 aromatic heterocycles. The Morgan fingerprint density at radius 3 is 1.65 bits per heavy atom. The molecule has 0 aliphatic heterocycles. The molecule has 0 bridgehead atoms. The molecule has 1 aliphatic carbocycles. The fourth-order valence-corrected chi connectivity index (χ4v) is 7.86. The highest BCUT2D eigenvalue weighted by Crippen LogP contribution is 2.58. The van der Waals surface area contributed by atoms with Crippen molar-refractivity contribution < 1.29 is 0 Å². The largest absolute Gasteiger partial charge is 0.309 e. The van der Waals surface area contributed by atoms with Gasteiger partial charge in [-0.25, -0.2) is 0 Å². The molecule has 0 saturated carbocycles. The summed E-state index contributed by atoms with van der Waals surface area (Å²) < 4.78 is 0. The van der Waals surface area contributed by atoms with Crippen LogP contribution in [-0.4, -0.2) is 0 Å². The number of anilines is 3. The Morgan fingerprint density at radius 1 is 0.457 bits per heavy atom. The van der Waals surface area contributed by atoms with Gasteiger partial charge in [0, 0.05) is 27.7 Å². The lowest BCUT2D eigenvalue weighted by atomic mass is 9.73. The maximum absolute atomic E-state index is 2.49. The second-order valence-electron chi connectivity index (χ2n) is 12.3. The minimum Gasteiger partial charge on any atom is -0.309 e. The fraction of sp³-hybridized carbons (Fsp3) is 0.111. The molecule has 0 heterocycles. The van der Waals surface area contributed by atoms with Gasteiger partial charge in [0.05, 0.1) is 5.69 Å². The van der Waals surface area contributed by atoms with Crippen molar-refractivity contribution >= 4 is 27.8 Å². The summed E-state index contributed by atoms with van der Waals surface area (Å²) in [6, 6.07) is 60.0. The summed E-state index contributed by atoms with van der Waals surface area (Å²) in [6.07, 6.45) is 2.12. The summed E-state index contributed by atoms with van der Waals surface area (Å²) in [5.41, 5.74) is 14.1. The summed E-state index contributed by atoms with van der Waals surface area (Å²) >= 11 is 0.